The minimum Gasteiger partial charge on any atom is -0.363 e. The topological polar surface area (TPSA) is 88.8 Å². The first-order valence-electron chi connectivity index (χ1n) is 5.14. The highest BCUT2D eigenvalue weighted by Gasteiger charge is 2.04. The third-order valence-corrected chi connectivity index (χ3v) is 3.14. The summed E-state index contributed by atoms with van der Waals surface area (Å²) in [6.07, 6.45) is 1.72. The Hall–Kier alpha value is -1.73. The average Bonchev–Trinajstić information content (AvgIpc) is 2.74. The van der Waals surface area contributed by atoms with Crippen molar-refractivity contribution >= 4 is 23.1 Å². The Labute approximate surface area is 103 Å². The smallest absolute Gasteiger partial charge is 0.239 e. The maximum absolute atomic E-state index is 5.27. The van der Waals surface area contributed by atoms with Crippen LogP contribution < -0.4 is 16.6 Å². The van der Waals surface area contributed by atoms with Gasteiger partial charge in [-0.1, -0.05) is 0 Å². The largest absolute Gasteiger partial charge is 0.363 e. The van der Waals surface area contributed by atoms with Crippen molar-refractivity contribution in [3.63, 3.8) is 0 Å². The first-order valence-corrected chi connectivity index (χ1v) is 6.02. The van der Waals surface area contributed by atoms with E-state index in [2.05, 4.69) is 25.7 Å². The predicted molar refractivity (Wildman–Crippen MR) is 68.8 cm³/mol. The molecule has 0 aliphatic rings. The summed E-state index contributed by atoms with van der Waals surface area (Å²) in [5.41, 5.74) is 4.43. The van der Waals surface area contributed by atoms with Gasteiger partial charge in [-0.3, -0.25) is 5.43 Å². The third-order valence-electron chi connectivity index (χ3n) is 2.17. The Bertz CT molecular complexity index is 509. The van der Waals surface area contributed by atoms with Crippen molar-refractivity contribution in [1.29, 1.82) is 0 Å². The number of anilines is 2. The van der Waals surface area contributed by atoms with Gasteiger partial charge in [-0.2, -0.15) is 4.98 Å². The molecule has 0 saturated heterocycles. The molecular formula is C10H14N6S. The van der Waals surface area contributed by atoms with Crippen LogP contribution in [0.15, 0.2) is 11.6 Å². The van der Waals surface area contributed by atoms with Crippen LogP contribution >= 0.6 is 11.3 Å². The highest BCUT2D eigenvalue weighted by atomic mass is 32.1. The highest BCUT2D eigenvalue weighted by Crippen LogP contribution is 2.15. The molecule has 0 unspecified atom stereocenters. The second-order valence-electron chi connectivity index (χ2n) is 3.61. The van der Waals surface area contributed by atoms with Gasteiger partial charge in [-0.05, 0) is 13.8 Å². The van der Waals surface area contributed by atoms with Gasteiger partial charge in [0.2, 0.25) is 5.95 Å². The minimum atomic E-state index is 0.397. The second kappa shape index (κ2) is 5.07. The summed E-state index contributed by atoms with van der Waals surface area (Å²) in [6, 6.07) is 0. The molecule has 2 heterocycles. The molecule has 2 aromatic rings. The Morgan fingerprint density at radius 1 is 1.35 bits per heavy atom. The van der Waals surface area contributed by atoms with Gasteiger partial charge >= 0.3 is 0 Å². The van der Waals surface area contributed by atoms with Crippen LogP contribution in [0.2, 0.25) is 0 Å². The standard InChI is InChI=1S/C10H14N6S/c1-6-3-13-10(16-11)15-9(6)12-4-8-14-7(2)5-17-8/h3,5H,4,11H2,1-2H3,(H2,12,13,15,16). The molecule has 4 N–H and O–H groups in total. The molecule has 2 rings (SSSR count). The van der Waals surface area contributed by atoms with Crippen molar-refractivity contribution in [1.82, 2.24) is 15.0 Å². The van der Waals surface area contributed by atoms with E-state index in [0.717, 1.165) is 22.1 Å². The van der Waals surface area contributed by atoms with E-state index in [1.807, 2.05) is 19.2 Å². The quantitative estimate of drug-likeness (QED) is 0.562. The average molecular weight is 250 g/mol. The zero-order chi connectivity index (χ0) is 12.3. The Kier molecular flexibility index (Phi) is 3.50. The summed E-state index contributed by atoms with van der Waals surface area (Å²) in [5, 5.41) is 6.27. The SMILES string of the molecule is Cc1csc(CNc2nc(NN)ncc2C)n1. The second-order valence-corrected chi connectivity index (χ2v) is 4.55. The van der Waals surface area contributed by atoms with Crippen LogP contribution in [0, 0.1) is 13.8 Å². The van der Waals surface area contributed by atoms with E-state index >= 15 is 0 Å². The molecule has 2 aromatic heterocycles. The predicted octanol–water partition coefficient (Wildman–Crippen LogP) is 1.45. The van der Waals surface area contributed by atoms with Gasteiger partial charge in [-0.25, -0.2) is 15.8 Å². The Morgan fingerprint density at radius 2 is 2.18 bits per heavy atom. The Balaban J connectivity index is 2.07. The lowest BCUT2D eigenvalue weighted by Gasteiger charge is -2.07. The lowest BCUT2D eigenvalue weighted by molar-refractivity contribution is 1.02. The molecule has 6 nitrogen and oxygen atoms in total. The molecule has 0 aromatic carbocycles. The Morgan fingerprint density at radius 3 is 2.82 bits per heavy atom. The normalized spacial score (nSPS) is 10.3. The number of nitrogens with one attached hydrogen (secondary N) is 2. The van der Waals surface area contributed by atoms with E-state index in [-0.39, 0.29) is 0 Å². The molecule has 0 fully saturated rings. The summed E-state index contributed by atoms with van der Waals surface area (Å²) in [4.78, 5) is 12.6. The van der Waals surface area contributed by atoms with Crippen molar-refractivity contribution in [2.45, 2.75) is 20.4 Å². The highest BCUT2D eigenvalue weighted by molar-refractivity contribution is 7.09. The molecular weight excluding hydrogens is 236 g/mol. The van der Waals surface area contributed by atoms with Crippen molar-refractivity contribution in [2.75, 3.05) is 10.7 Å². The van der Waals surface area contributed by atoms with E-state index in [1.54, 1.807) is 17.5 Å². The van der Waals surface area contributed by atoms with Crippen LogP contribution in [0.5, 0.6) is 0 Å². The maximum Gasteiger partial charge on any atom is 0.239 e. The number of nitrogens with two attached hydrogens (primary N) is 1. The van der Waals surface area contributed by atoms with Crippen molar-refractivity contribution in [3.8, 4) is 0 Å². The number of hydrogen-bond acceptors (Lipinski definition) is 7. The van der Waals surface area contributed by atoms with Gasteiger partial charge in [-0.15, -0.1) is 11.3 Å². The number of hydrogen-bond donors (Lipinski definition) is 3. The number of thiazole rings is 1. The lowest BCUT2D eigenvalue weighted by atomic mass is 10.3. The number of aryl methyl sites for hydroxylation is 2. The molecule has 0 spiro atoms. The van der Waals surface area contributed by atoms with Crippen LogP contribution in [0.1, 0.15) is 16.3 Å². The minimum absolute atomic E-state index is 0.397. The van der Waals surface area contributed by atoms with Gasteiger partial charge in [0.25, 0.3) is 0 Å². The summed E-state index contributed by atoms with van der Waals surface area (Å²) in [6.45, 7) is 4.57. The van der Waals surface area contributed by atoms with Crippen molar-refractivity contribution in [3.05, 3.63) is 27.8 Å². The van der Waals surface area contributed by atoms with E-state index < -0.39 is 0 Å². The molecule has 0 amide bonds. The summed E-state index contributed by atoms with van der Waals surface area (Å²) < 4.78 is 0. The summed E-state index contributed by atoms with van der Waals surface area (Å²) in [5.74, 6) is 6.43. The number of hydrazine groups is 1. The molecule has 0 atom stereocenters. The van der Waals surface area contributed by atoms with Crippen LogP contribution in [0.4, 0.5) is 11.8 Å². The van der Waals surface area contributed by atoms with Gasteiger partial charge in [0.1, 0.15) is 10.8 Å². The summed E-state index contributed by atoms with van der Waals surface area (Å²) in [7, 11) is 0. The van der Waals surface area contributed by atoms with Crippen LogP contribution in [0.3, 0.4) is 0 Å². The molecule has 0 aliphatic heterocycles. The molecule has 0 saturated carbocycles. The van der Waals surface area contributed by atoms with Gasteiger partial charge in [0.05, 0.1) is 6.54 Å². The third kappa shape index (κ3) is 2.89. The van der Waals surface area contributed by atoms with Crippen molar-refractivity contribution in [2.24, 2.45) is 5.84 Å². The van der Waals surface area contributed by atoms with Gasteiger partial charge in [0.15, 0.2) is 0 Å². The number of aromatic nitrogens is 3. The monoisotopic (exact) mass is 250 g/mol. The van der Waals surface area contributed by atoms with E-state index in [0.29, 0.717) is 12.5 Å². The van der Waals surface area contributed by atoms with Crippen LogP contribution in [-0.4, -0.2) is 15.0 Å². The molecule has 17 heavy (non-hydrogen) atoms. The molecule has 90 valence electrons. The fourth-order valence-electron chi connectivity index (χ4n) is 1.33. The first kappa shape index (κ1) is 11.7. The fraction of sp³-hybridized carbons (Fsp3) is 0.300. The number of nitrogen functional groups attached to an aromatic ring is 1. The lowest BCUT2D eigenvalue weighted by Crippen LogP contribution is -2.12. The first-order chi connectivity index (χ1) is 8.19. The maximum atomic E-state index is 5.27. The zero-order valence-electron chi connectivity index (χ0n) is 9.69. The van der Waals surface area contributed by atoms with Crippen molar-refractivity contribution < 1.29 is 0 Å². The fourth-order valence-corrected chi connectivity index (χ4v) is 2.05. The van der Waals surface area contributed by atoms with Gasteiger partial charge < -0.3 is 5.32 Å². The molecule has 0 bridgehead atoms. The van der Waals surface area contributed by atoms with E-state index in [4.69, 9.17) is 5.84 Å². The summed E-state index contributed by atoms with van der Waals surface area (Å²) >= 11 is 1.63. The molecule has 0 radical (unpaired) electrons. The van der Waals surface area contributed by atoms with E-state index in [9.17, 15) is 0 Å². The molecule has 0 aliphatic carbocycles. The van der Waals surface area contributed by atoms with Crippen LogP contribution in [-0.2, 0) is 6.54 Å². The number of rotatable bonds is 4. The molecule has 7 heteroatoms. The van der Waals surface area contributed by atoms with E-state index in [1.165, 1.54) is 0 Å². The number of nitrogens with zero attached hydrogens (tertiary/aromatic N) is 3. The van der Waals surface area contributed by atoms with Gasteiger partial charge in [0, 0.05) is 22.8 Å². The van der Waals surface area contributed by atoms with Crippen LogP contribution in [0.25, 0.3) is 0 Å². The zero-order valence-corrected chi connectivity index (χ0v) is 10.5.